The maximum Gasteiger partial charge on any atom is 0.237 e. The van der Waals surface area contributed by atoms with Gasteiger partial charge < -0.3 is 10.3 Å². The van der Waals surface area contributed by atoms with Crippen molar-refractivity contribution in [2.45, 2.75) is 24.1 Å². The zero-order valence-electron chi connectivity index (χ0n) is 12.2. The second-order valence-corrected chi connectivity index (χ2v) is 6.22. The molecule has 3 rings (SSSR count). The van der Waals surface area contributed by atoms with Gasteiger partial charge in [0.05, 0.1) is 11.6 Å². The first kappa shape index (κ1) is 14.5. The van der Waals surface area contributed by atoms with Crippen molar-refractivity contribution in [3.05, 3.63) is 42.5 Å². The van der Waals surface area contributed by atoms with Gasteiger partial charge in [0, 0.05) is 5.69 Å². The van der Waals surface area contributed by atoms with Gasteiger partial charge in [0.25, 0.3) is 0 Å². The first-order valence-electron chi connectivity index (χ1n) is 6.82. The highest BCUT2D eigenvalue weighted by Gasteiger charge is 2.17. The number of anilines is 1. The lowest BCUT2D eigenvalue weighted by Gasteiger charge is -2.11. The number of nitrogens with zero attached hydrogens (tertiary/aromatic N) is 3. The summed E-state index contributed by atoms with van der Waals surface area (Å²) in [4.78, 5) is 27.6. The molecule has 2 heterocycles. The highest BCUT2D eigenvalue weighted by atomic mass is 32.2. The Balaban J connectivity index is 1.71. The monoisotopic (exact) mass is 313 g/mol. The number of H-pyrrole nitrogens is 1. The zero-order chi connectivity index (χ0) is 15.5. The molecule has 0 aliphatic heterocycles. The molecule has 0 saturated heterocycles. The van der Waals surface area contributed by atoms with Crippen molar-refractivity contribution in [1.29, 1.82) is 0 Å². The Morgan fingerprint density at radius 2 is 2.00 bits per heavy atom. The maximum atomic E-state index is 12.3. The second-order valence-electron chi connectivity index (χ2n) is 4.90. The first-order chi connectivity index (χ1) is 10.6. The molecule has 1 unspecified atom stereocenters. The van der Waals surface area contributed by atoms with Crippen molar-refractivity contribution in [3.63, 3.8) is 0 Å². The third-order valence-corrected chi connectivity index (χ3v) is 4.27. The standard InChI is InChI=1S/C15H15N5OS/c1-9-3-5-11(6-4-9)20-14(21)10(2)22-15-12-13(17-7-16-12)18-8-19-15/h3-8,10H,1-2H3,(H,20,21)(H,16,17,18,19). The number of carbonyl (C=O) groups excluding carboxylic acids is 1. The normalized spacial score (nSPS) is 12.3. The van der Waals surface area contributed by atoms with Gasteiger partial charge >= 0.3 is 0 Å². The van der Waals surface area contributed by atoms with Gasteiger partial charge in [0.1, 0.15) is 16.9 Å². The number of aromatic amines is 1. The summed E-state index contributed by atoms with van der Waals surface area (Å²) in [5.74, 6) is -0.0693. The fourth-order valence-electron chi connectivity index (χ4n) is 1.93. The van der Waals surface area contributed by atoms with Gasteiger partial charge in [0.2, 0.25) is 5.91 Å². The minimum Gasteiger partial charge on any atom is -0.341 e. The van der Waals surface area contributed by atoms with E-state index in [1.54, 1.807) is 6.33 Å². The molecule has 0 bridgehead atoms. The van der Waals surface area contributed by atoms with Gasteiger partial charge in [-0.3, -0.25) is 4.79 Å². The number of nitrogens with one attached hydrogen (secondary N) is 2. The highest BCUT2D eigenvalue weighted by Crippen LogP contribution is 2.26. The van der Waals surface area contributed by atoms with E-state index >= 15 is 0 Å². The molecule has 2 aromatic heterocycles. The van der Waals surface area contributed by atoms with Crippen LogP contribution in [0.1, 0.15) is 12.5 Å². The van der Waals surface area contributed by atoms with Gasteiger partial charge in [-0.15, -0.1) is 0 Å². The Hall–Kier alpha value is -2.41. The summed E-state index contributed by atoms with van der Waals surface area (Å²) in [5.41, 5.74) is 3.30. The molecule has 112 valence electrons. The summed E-state index contributed by atoms with van der Waals surface area (Å²) in [7, 11) is 0. The van der Waals surface area contributed by atoms with Crippen molar-refractivity contribution in [2.75, 3.05) is 5.32 Å². The second kappa shape index (κ2) is 6.15. The van der Waals surface area contributed by atoms with Crippen molar-refractivity contribution >= 4 is 34.5 Å². The van der Waals surface area contributed by atoms with E-state index in [0.29, 0.717) is 10.7 Å². The quantitative estimate of drug-likeness (QED) is 0.571. The van der Waals surface area contributed by atoms with Crippen molar-refractivity contribution in [1.82, 2.24) is 19.9 Å². The average Bonchev–Trinajstić information content (AvgIpc) is 2.99. The number of fused-ring (bicyclic) bond motifs is 1. The van der Waals surface area contributed by atoms with Crippen LogP contribution in [-0.4, -0.2) is 31.1 Å². The zero-order valence-corrected chi connectivity index (χ0v) is 13.0. The number of carbonyl (C=O) groups is 1. The molecule has 0 radical (unpaired) electrons. The number of benzene rings is 1. The molecule has 1 aromatic carbocycles. The third-order valence-electron chi connectivity index (χ3n) is 3.16. The Bertz CT molecular complexity index is 799. The van der Waals surface area contributed by atoms with Gasteiger partial charge in [0.15, 0.2) is 5.65 Å². The smallest absolute Gasteiger partial charge is 0.237 e. The molecule has 3 aromatic rings. The van der Waals surface area contributed by atoms with Crippen LogP contribution in [-0.2, 0) is 4.79 Å². The fraction of sp³-hybridized carbons (Fsp3) is 0.200. The van der Waals surface area contributed by atoms with Crippen molar-refractivity contribution in [3.8, 4) is 0 Å². The van der Waals surface area contributed by atoms with Crippen molar-refractivity contribution in [2.24, 2.45) is 0 Å². The van der Waals surface area contributed by atoms with E-state index in [4.69, 9.17) is 0 Å². The first-order valence-corrected chi connectivity index (χ1v) is 7.70. The molecule has 0 spiro atoms. The number of hydrogen-bond acceptors (Lipinski definition) is 5. The van der Waals surface area contributed by atoms with Crippen LogP contribution in [0.25, 0.3) is 11.2 Å². The van der Waals surface area contributed by atoms with Gasteiger partial charge in [-0.1, -0.05) is 29.5 Å². The molecule has 0 aliphatic rings. The largest absolute Gasteiger partial charge is 0.341 e. The Morgan fingerprint density at radius 1 is 1.23 bits per heavy atom. The lowest BCUT2D eigenvalue weighted by Crippen LogP contribution is -2.22. The molecule has 7 heteroatoms. The minimum absolute atomic E-state index is 0.0693. The fourth-order valence-corrected chi connectivity index (χ4v) is 2.81. The number of amides is 1. The van der Waals surface area contributed by atoms with Gasteiger partial charge in [-0.2, -0.15) is 0 Å². The number of rotatable bonds is 4. The molecular formula is C15H15N5OS. The van der Waals surface area contributed by atoms with Crippen LogP contribution in [0, 0.1) is 6.92 Å². The summed E-state index contributed by atoms with van der Waals surface area (Å²) in [6, 6.07) is 7.71. The van der Waals surface area contributed by atoms with Crippen LogP contribution < -0.4 is 5.32 Å². The van der Waals surface area contributed by atoms with E-state index < -0.39 is 0 Å². The van der Waals surface area contributed by atoms with Crippen LogP contribution >= 0.6 is 11.8 Å². The average molecular weight is 313 g/mol. The maximum absolute atomic E-state index is 12.3. The van der Waals surface area contributed by atoms with Crippen LogP contribution in [0.15, 0.2) is 41.9 Å². The summed E-state index contributed by atoms with van der Waals surface area (Å²) in [6.07, 6.45) is 3.02. The van der Waals surface area contributed by atoms with E-state index in [-0.39, 0.29) is 11.2 Å². The van der Waals surface area contributed by atoms with Gasteiger partial charge in [-0.25, -0.2) is 15.0 Å². The van der Waals surface area contributed by atoms with E-state index in [0.717, 1.165) is 16.8 Å². The summed E-state index contributed by atoms with van der Waals surface area (Å²) in [6.45, 7) is 3.85. The van der Waals surface area contributed by atoms with Crippen LogP contribution in [0.5, 0.6) is 0 Å². The Morgan fingerprint density at radius 3 is 2.77 bits per heavy atom. The number of aromatic nitrogens is 4. The predicted octanol–water partition coefficient (Wildman–Crippen LogP) is 2.78. The predicted molar refractivity (Wildman–Crippen MR) is 86.8 cm³/mol. The molecular weight excluding hydrogens is 298 g/mol. The van der Waals surface area contributed by atoms with Crippen LogP contribution in [0.3, 0.4) is 0 Å². The lowest BCUT2D eigenvalue weighted by atomic mass is 10.2. The highest BCUT2D eigenvalue weighted by molar-refractivity contribution is 8.00. The number of hydrogen-bond donors (Lipinski definition) is 2. The van der Waals surface area contributed by atoms with Crippen molar-refractivity contribution < 1.29 is 4.79 Å². The molecule has 1 amide bonds. The van der Waals surface area contributed by atoms with E-state index in [1.807, 2.05) is 38.1 Å². The molecule has 0 aliphatic carbocycles. The van der Waals surface area contributed by atoms with E-state index in [1.165, 1.54) is 18.1 Å². The molecule has 22 heavy (non-hydrogen) atoms. The molecule has 0 saturated carbocycles. The lowest BCUT2D eigenvalue weighted by molar-refractivity contribution is -0.115. The molecule has 1 atom stereocenters. The summed E-state index contributed by atoms with van der Waals surface area (Å²) in [5, 5.41) is 3.33. The van der Waals surface area contributed by atoms with Crippen LogP contribution in [0.4, 0.5) is 5.69 Å². The summed E-state index contributed by atoms with van der Waals surface area (Å²) < 4.78 is 0. The Labute approximate surface area is 131 Å². The molecule has 2 N–H and O–H groups in total. The SMILES string of the molecule is Cc1ccc(NC(=O)C(C)Sc2ncnc3nc[nH]c23)cc1. The minimum atomic E-state index is -0.289. The number of aryl methyl sites for hydroxylation is 1. The van der Waals surface area contributed by atoms with E-state index in [9.17, 15) is 4.79 Å². The van der Waals surface area contributed by atoms with Crippen LogP contribution in [0.2, 0.25) is 0 Å². The molecule has 0 fully saturated rings. The number of thioether (sulfide) groups is 1. The Kier molecular flexibility index (Phi) is 4.06. The third kappa shape index (κ3) is 3.09. The van der Waals surface area contributed by atoms with E-state index in [2.05, 4.69) is 25.3 Å². The number of imidazole rings is 1. The van der Waals surface area contributed by atoms with Gasteiger partial charge in [-0.05, 0) is 26.0 Å². The summed E-state index contributed by atoms with van der Waals surface area (Å²) >= 11 is 1.37. The molecule has 6 nitrogen and oxygen atoms in total. The topological polar surface area (TPSA) is 83.6 Å².